The van der Waals surface area contributed by atoms with Crippen LogP contribution in [0.25, 0.3) is 0 Å². The Balaban J connectivity index is 3.85. The third kappa shape index (κ3) is 3.62. The van der Waals surface area contributed by atoms with Crippen LogP contribution in [0.1, 0.15) is 33.6 Å². The molecule has 0 aliphatic carbocycles. The van der Waals surface area contributed by atoms with Crippen molar-refractivity contribution in [2.24, 2.45) is 10.9 Å². The molecule has 0 rings (SSSR count). The zero-order valence-electron chi connectivity index (χ0n) is 7.09. The first kappa shape index (κ1) is 9.63. The molecule has 10 heavy (non-hydrogen) atoms. The molecule has 0 amide bonds. The summed E-state index contributed by atoms with van der Waals surface area (Å²) in [5.74, 6) is 0.479. The van der Waals surface area contributed by atoms with Gasteiger partial charge < -0.3 is 5.11 Å². The highest BCUT2D eigenvalue weighted by atomic mass is 16.3. The fourth-order valence-corrected chi connectivity index (χ4v) is 0.897. The third-order valence-electron chi connectivity index (χ3n) is 1.45. The quantitative estimate of drug-likeness (QED) is 0.598. The van der Waals surface area contributed by atoms with Gasteiger partial charge in [-0.3, -0.25) is 4.99 Å². The Morgan fingerprint density at radius 2 is 2.10 bits per heavy atom. The number of nitrogens with zero attached hydrogens (tertiary/aromatic N) is 1. The minimum atomic E-state index is -0.0620. The molecule has 0 aromatic carbocycles. The molecule has 0 aliphatic heterocycles. The Morgan fingerprint density at radius 3 is 2.40 bits per heavy atom. The molecule has 0 saturated heterocycles. The van der Waals surface area contributed by atoms with Crippen LogP contribution < -0.4 is 0 Å². The Bertz CT molecular complexity index is 108. The van der Waals surface area contributed by atoms with Gasteiger partial charge in [0.05, 0.1) is 0 Å². The second kappa shape index (κ2) is 5.42. The van der Waals surface area contributed by atoms with Gasteiger partial charge in [-0.15, -0.1) is 0 Å². The average molecular weight is 143 g/mol. The molecule has 2 heteroatoms. The molecule has 0 spiro atoms. The Morgan fingerprint density at radius 1 is 1.50 bits per heavy atom. The zero-order chi connectivity index (χ0) is 7.98. The lowest BCUT2D eigenvalue weighted by atomic mass is 10.0. The Kier molecular flexibility index (Phi) is 5.22. The van der Waals surface area contributed by atoms with E-state index in [0.29, 0.717) is 5.92 Å². The van der Waals surface area contributed by atoms with Crippen LogP contribution >= 0.6 is 0 Å². The van der Waals surface area contributed by atoms with Gasteiger partial charge >= 0.3 is 0 Å². The molecule has 0 aromatic heterocycles. The second-order valence-corrected chi connectivity index (χ2v) is 2.70. The van der Waals surface area contributed by atoms with Gasteiger partial charge in [-0.05, 0) is 12.3 Å². The van der Waals surface area contributed by atoms with E-state index in [9.17, 15) is 0 Å². The molecule has 0 bridgehead atoms. The van der Waals surface area contributed by atoms with Crippen molar-refractivity contribution in [2.75, 3.05) is 6.73 Å². The van der Waals surface area contributed by atoms with Crippen LogP contribution in [0.2, 0.25) is 0 Å². The normalized spacial score (nSPS) is 12.7. The minimum absolute atomic E-state index is 0.0620. The van der Waals surface area contributed by atoms with Crippen molar-refractivity contribution in [3.05, 3.63) is 0 Å². The minimum Gasteiger partial charge on any atom is -0.375 e. The summed E-state index contributed by atoms with van der Waals surface area (Å²) in [5.41, 5.74) is 1.13. The van der Waals surface area contributed by atoms with E-state index in [1.54, 1.807) is 0 Å². The maximum atomic E-state index is 8.52. The van der Waals surface area contributed by atoms with Crippen LogP contribution in [0, 0.1) is 5.92 Å². The van der Waals surface area contributed by atoms with E-state index in [-0.39, 0.29) is 6.73 Å². The molecule has 1 N–H and O–H groups in total. The molecular weight excluding hydrogens is 126 g/mol. The first-order valence-electron chi connectivity index (χ1n) is 3.86. The molecule has 0 saturated carbocycles. The van der Waals surface area contributed by atoms with E-state index < -0.39 is 0 Å². The summed E-state index contributed by atoms with van der Waals surface area (Å²) in [4.78, 5) is 3.99. The van der Waals surface area contributed by atoms with Crippen molar-refractivity contribution in [1.29, 1.82) is 0 Å². The second-order valence-electron chi connectivity index (χ2n) is 2.70. The number of aliphatic imine (C=N–C) groups is 1. The van der Waals surface area contributed by atoms with Gasteiger partial charge in [-0.2, -0.15) is 0 Å². The molecule has 0 aromatic rings. The summed E-state index contributed by atoms with van der Waals surface area (Å²) in [6.07, 6.45) is 2.12. The standard InChI is InChI=1S/C8H17NO/c1-4-5-8(7(2)3)9-6-10/h7,10H,4-6H2,1-3H3. The molecular formula is C8H17NO. The lowest BCUT2D eigenvalue weighted by Crippen LogP contribution is -2.07. The summed E-state index contributed by atoms with van der Waals surface area (Å²) in [6, 6.07) is 0. The Hall–Kier alpha value is -0.370. The summed E-state index contributed by atoms with van der Waals surface area (Å²) in [6.45, 7) is 6.26. The molecule has 60 valence electrons. The van der Waals surface area contributed by atoms with Crippen molar-refractivity contribution in [3.63, 3.8) is 0 Å². The van der Waals surface area contributed by atoms with Gasteiger partial charge in [0, 0.05) is 5.71 Å². The van der Waals surface area contributed by atoms with Crippen LogP contribution in [0.5, 0.6) is 0 Å². The first-order valence-corrected chi connectivity index (χ1v) is 3.86. The fourth-order valence-electron chi connectivity index (χ4n) is 0.897. The molecule has 0 heterocycles. The molecule has 0 aliphatic rings. The molecule has 2 nitrogen and oxygen atoms in total. The van der Waals surface area contributed by atoms with E-state index in [0.717, 1.165) is 18.6 Å². The summed E-state index contributed by atoms with van der Waals surface area (Å²) >= 11 is 0. The maximum Gasteiger partial charge on any atom is 0.134 e. The highest BCUT2D eigenvalue weighted by Gasteiger charge is 2.01. The molecule has 0 unspecified atom stereocenters. The van der Waals surface area contributed by atoms with Gasteiger partial charge in [0.15, 0.2) is 0 Å². The van der Waals surface area contributed by atoms with Crippen molar-refractivity contribution >= 4 is 5.71 Å². The lowest BCUT2D eigenvalue weighted by Gasteiger charge is -2.07. The van der Waals surface area contributed by atoms with Gasteiger partial charge in [-0.25, -0.2) is 0 Å². The van der Waals surface area contributed by atoms with Crippen molar-refractivity contribution < 1.29 is 5.11 Å². The van der Waals surface area contributed by atoms with Crippen LogP contribution in [0.15, 0.2) is 4.99 Å². The van der Waals surface area contributed by atoms with Gasteiger partial charge in [0.2, 0.25) is 0 Å². The number of aliphatic hydroxyl groups excluding tert-OH is 1. The summed E-state index contributed by atoms with van der Waals surface area (Å²) < 4.78 is 0. The van der Waals surface area contributed by atoms with Crippen LogP contribution in [-0.2, 0) is 0 Å². The highest BCUT2D eigenvalue weighted by Crippen LogP contribution is 2.03. The zero-order valence-corrected chi connectivity index (χ0v) is 7.09. The lowest BCUT2D eigenvalue weighted by molar-refractivity contribution is 0.308. The third-order valence-corrected chi connectivity index (χ3v) is 1.45. The maximum absolute atomic E-state index is 8.52. The van der Waals surface area contributed by atoms with E-state index in [2.05, 4.69) is 25.8 Å². The van der Waals surface area contributed by atoms with Crippen LogP contribution in [0.4, 0.5) is 0 Å². The first-order chi connectivity index (χ1) is 4.72. The van der Waals surface area contributed by atoms with E-state index >= 15 is 0 Å². The summed E-state index contributed by atoms with van der Waals surface area (Å²) in [7, 11) is 0. The van der Waals surface area contributed by atoms with Crippen molar-refractivity contribution in [3.8, 4) is 0 Å². The highest BCUT2D eigenvalue weighted by molar-refractivity contribution is 5.86. The van der Waals surface area contributed by atoms with Crippen molar-refractivity contribution in [1.82, 2.24) is 0 Å². The SMILES string of the molecule is CCCC(=NCO)C(C)C. The Labute approximate surface area is 63.0 Å². The van der Waals surface area contributed by atoms with Gasteiger partial charge in [0.1, 0.15) is 6.73 Å². The average Bonchev–Trinajstić information content (AvgIpc) is 1.87. The molecule has 0 atom stereocenters. The fraction of sp³-hybridized carbons (Fsp3) is 0.875. The molecule has 0 fully saturated rings. The van der Waals surface area contributed by atoms with E-state index in [1.165, 1.54) is 0 Å². The number of hydrogen-bond donors (Lipinski definition) is 1. The van der Waals surface area contributed by atoms with Crippen LogP contribution in [0.3, 0.4) is 0 Å². The van der Waals surface area contributed by atoms with Crippen molar-refractivity contribution in [2.45, 2.75) is 33.6 Å². The number of rotatable bonds is 4. The monoisotopic (exact) mass is 143 g/mol. The predicted molar refractivity (Wildman–Crippen MR) is 44.3 cm³/mol. The summed E-state index contributed by atoms with van der Waals surface area (Å²) in [5, 5.41) is 8.52. The van der Waals surface area contributed by atoms with Gasteiger partial charge in [0.25, 0.3) is 0 Å². The predicted octanol–water partition coefficient (Wildman–Crippen LogP) is 1.83. The number of aliphatic hydroxyl groups is 1. The van der Waals surface area contributed by atoms with E-state index in [4.69, 9.17) is 5.11 Å². The topological polar surface area (TPSA) is 32.6 Å². The largest absolute Gasteiger partial charge is 0.375 e. The van der Waals surface area contributed by atoms with Gasteiger partial charge in [-0.1, -0.05) is 27.2 Å². The van der Waals surface area contributed by atoms with E-state index in [1.807, 2.05) is 0 Å². The van der Waals surface area contributed by atoms with Crippen LogP contribution in [-0.4, -0.2) is 17.5 Å². The smallest absolute Gasteiger partial charge is 0.134 e. The number of hydrogen-bond acceptors (Lipinski definition) is 2. The molecule has 0 radical (unpaired) electrons.